The number of hydrogen-bond acceptors (Lipinski definition) is 6. The molecule has 26 heavy (non-hydrogen) atoms. The first-order valence-corrected chi connectivity index (χ1v) is 7.89. The minimum absolute atomic E-state index is 0.00981. The maximum atomic E-state index is 11.7. The normalized spacial score (nSPS) is 9.58. The lowest BCUT2D eigenvalue weighted by atomic mass is 10.1. The molecule has 0 spiro atoms. The van der Waals surface area contributed by atoms with Gasteiger partial charge in [-0.15, -0.1) is 0 Å². The summed E-state index contributed by atoms with van der Waals surface area (Å²) in [6.07, 6.45) is 4.33. The molecule has 0 aromatic carbocycles. The van der Waals surface area contributed by atoms with E-state index in [0.29, 0.717) is 36.2 Å². The van der Waals surface area contributed by atoms with Crippen LogP contribution in [0.4, 0.5) is 0 Å². The fraction of sp³-hybridized carbons (Fsp3) is 0.222. The summed E-state index contributed by atoms with van der Waals surface area (Å²) in [6, 6.07) is 8.42. The Labute approximate surface area is 151 Å². The van der Waals surface area contributed by atoms with Gasteiger partial charge in [-0.1, -0.05) is 6.07 Å². The average molecular weight is 354 g/mol. The van der Waals surface area contributed by atoms with Crippen molar-refractivity contribution in [2.75, 3.05) is 0 Å². The van der Waals surface area contributed by atoms with Gasteiger partial charge in [0.1, 0.15) is 28.8 Å². The molecule has 0 aliphatic carbocycles. The van der Waals surface area contributed by atoms with Gasteiger partial charge in [-0.2, -0.15) is 0 Å². The summed E-state index contributed by atoms with van der Waals surface area (Å²) < 4.78 is 0. The Hall–Kier alpha value is -3.42. The number of ketones is 2. The molecular formula is C18H22N6O2. The number of nitrogens with one attached hydrogen (secondary N) is 2. The first-order chi connectivity index (χ1) is 12.3. The Morgan fingerprint density at radius 1 is 0.962 bits per heavy atom. The molecule has 2 aromatic heterocycles. The summed E-state index contributed by atoms with van der Waals surface area (Å²) in [5, 5.41) is 14.1. The Morgan fingerprint density at radius 3 is 2.04 bits per heavy atom. The van der Waals surface area contributed by atoms with Crippen molar-refractivity contribution in [2.24, 2.45) is 11.5 Å². The van der Waals surface area contributed by atoms with E-state index in [9.17, 15) is 9.59 Å². The molecule has 0 bridgehead atoms. The van der Waals surface area contributed by atoms with Crippen LogP contribution < -0.4 is 11.5 Å². The predicted octanol–water partition coefficient (Wildman–Crippen LogP) is 1.67. The lowest BCUT2D eigenvalue weighted by Gasteiger charge is -2.01. The molecule has 2 aromatic rings. The molecule has 0 unspecified atom stereocenters. The molecule has 6 N–H and O–H groups in total. The number of amidine groups is 2. The van der Waals surface area contributed by atoms with E-state index in [1.54, 1.807) is 36.5 Å². The topological polar surface area (TPSA) is 160 Å². The summed E-state index contributed by atoms with van der Waals surface area (Å²) >= 11 is 0. The van der Waals surface area contributed by atoms with Gasteiger partial charge in [0.05, 0.1) is 0 Å². The molecule has 0 radical (unpaired) electrons. The average Bonchev–Trinajstić information content (AvgIpc) is 2.62. The van der Waals surface area contributed by atoms with E-state index < -0.39 is 0 Å². The van der Waals surface area contributed by atoms with Crippen molar-refractivity contribution in [2.45, 2.75) is 26.2 Å². The third-order valence-electron chi connectivity index (χ3n) is 3.23. The van der Waals surface area contributed by atoms with Crippen LogP contribution >= 0.6 is 0 Å². The van der Waals surface area contributed by atoms with E-state index in [-0.39, 0.29) is 23.2 Å². The SMILES string of the molecule is CC(=O)CCCC(=O)c1ccc(C(=N)N)nc1.N=C(N)c1ccccn1. The number of nitrogen functional groups attached to an aromatic ring is 2. The van der Waals surface area contributed by atoms with Gasteiger partial charge in [0.25, 0.3) is 0 Å². The van der Waals surface area contributed by atoms with Gasteiger partial charge in [-0.25, -0.2) is 0 Å². The number of aromatic nitrogens is 2. The zero-order chi connectivity index (χ0) is 19.5. The Morgan fingerprint density at radius 2 is 1.62 bits per heavy atom. The second-order valence-electron chi connectivity index (χ2n) is 5.45. The van der Waals surface area contributed by atoms with Crippen LogP contribution in [0.3, 0.4) is 0 Å². The standard InChI is InChI=1S/C12H15N3O2.C6H7N3/c1-8(16)3-2-4-11(17)9-5-6-10(12(13)14)15-7-9;7-6(8)5-3-1-2-4-9-5/h5-7H,2-4H2,1H3,(H3,13,14);1-4H,(H3,7,8). The van der Waals surface area contributed by atoms with E-state index in [1.165, 1.54) is 13.1 Å². The second-order valence-corrected chi connectivity index (χ2v) is 5.45. The molecule has 0 aliphatic heterocycles. The Bertz CT molecular complexity index is 772. The highest BCUT2D eigenvalue weighted by Gasteiger charge is 2.07. The van der Waals surface area contributed by atoms with Gasteiger partial charge >= 0.3 is 0 Å². The molecule has 0 saturated heterocycles. The molecule has 8 heteroatoms. The minimum atomic E-state index is -0.124. The van der Waals surface area contributed by atoms with E-state index in [1.807, 2.05) is 0 Å². The number of pyridine rings is 2. The van der Waals surface area contributed by atoms with Gasteiger partial charge in [-0.3, -0.25) is 25.6 Å². The van der Waals surface area contributed by atoms with Crippen molar-refractivity contribution in [3.8, 4) is 0 Å². The molecule has 0 atom stereocenters. The summed E-state index contributed by atoms with van der Waals surface area (Å²) in [5.74, 6) is -0.0760. The van der Waals surface area contributed by atoms with Crippen LogP contribution in [0.25, 0.3) is 0 Å². The zero-order valence-corrected chi connectivity index (χ0v) is 14.5. The largest absolute Gasteiger partial charge is 0.382 e. The number of hydrogen-bond donors (Lipinski definition) is 4. The smallest absolute Gasteiger partial charge is 0.164 e. The monoisotopic (exact) mass is 354 g/mol. The van der Waals surface area contributed by atoms with Crippen molar-refractivity contribution in [3.05, 3.63) is 59.7 Å². The summed E-state index contributed by atoms with van der Waals surface area (Å²) in [6.45, 7) is 1.51. The van der Waals surface area contributed by atoms with Gasteiger partial charge in [0.2, 0.25) is 0 Å². The molecule has 136 valence electrons. The lowest BCUT2D eigenvalue weighted by Crippen LogP contribution is -2.13. The zero-order valence-electron chi connectivity index (χ0n) is 14.5. The summed E-state index contributed by atoms with van der Waals surface area (Å²) in [5.41, 5.74) is 11.7. The number of carbonyl (C=O) groups excluding carboxylic acids is 2. The van der Waals surface area contributed by atoms with Gasteiger partial charge in [0.15, 0.2) is 5.78 Å². The lowest BCUT2D eigenvalue weighted by molar-refractivity contribution is -0.117. The highest BCUT2D eigenvalue weighted by molar-refractivity contribution is 5.97. The van der Waals surface area contributed by atoms with Crippen LogP contribution in [-0.4, -0.2) is 33.2 Å². The fourth-order valence-corrected chi connectivity index (χ4v) is 1.88. The highest BCUT2D eigenvalue weighted by Crippen LogP contribution is 2.07. The van der Waals surface area contributed by atoms with Crippen LogP contribution in [0.2, 0.25) is 0 Å². The highest BCUT2D eigenvalue weighted by atomic mass is 16.1. The van der Waals surface area contributed by atoms with Crippen molar-refractivity contribution in [3.63, 3.8) is 0 Å². The number of Topliss-reactive ketones (excluding diaryl/α,β-unsaturated/α-hetero) is 2. The third kappa shape index (κ3) is 7.43. The number of rotatable bonds is 7. The second kappa shape index (κ2) is 10.4. The first-order valence-electron chi connectivity index (χ1n) is 7.89. The van der Waals surface area contributed by atoms with Crippen molar-refractivity contribution < 1.29 is 9.59 Å². The van der Waals surface area contributed by atoms with E-state index in [4.69, 9.17) is 22.3 Å². The molecule has 2 rings (SSSR count). The van der Waals surface area contributed by atoms with Gasteiger partial charge < -0.3 is 16.3 Å². The predicted molar refractivity (Wildman–Crippen MR) is 99.4 cm³/mol. The molecule has 0 aliphatic rings. The van der Waals surface area contributed by atoms with Crippen LogP contribution in [0.15, 0.2) is 42.7 Å². The van der Waals surface area contributed by atoms with Gasteiger partial charge in [0, 0.05) is 30.8 Å². The van der Waals surface area contributed by atoms with E-state index >= 15 is 0 Å². The maximum absolute atomic E-state index is 11.7. The van der Waals surface area contributed by atoms with Crippen molar-refractivity contribution >= 4 is 23.2 Å². The molecule has 0 amide bonds. The van der Waals surface area contributed by atoms with Crippen LogP contribution in [0.1, 0.15) is 47.9 Å². The summed E-state index contributed by atoms with van der Waals surface area (Å²) in [4.78, 5) is 30.1. The molecule has 0 saturated carbocycles. The third-order valence-corrected chi connectivity index (χ3v) is 3.23. The number of nitrogens with zero attached hydrogens (tertiary/aromatic N) is 2. The van der Waals surface area contributed by atoms with E-state index in [2.05, 4.69) is 9.97 Å². The first kappa shape index (κ1) is 20.6. The summed E-state index contributed by atoms with van der Waals surface area (Å²) in [7, 11) is 0. The Balaban J connectivity index is 0.000000314. The molecule has 0 fully saturated rings. The number of nitrogens with two attached hydrogens (primary N) is 2. The fourth-order valence-electron chi connectivity index (χ4n) is 1.88. The molecular weight excluding hydrogens is 332 g/mol. The number of carbonyl (C=O) groups is 2. The van der Waals surface area contributed by atoms with Gasteiger partial charge in [-0.05, 0) is 37.6 Å². The molecule has 8 nitrogen and oxygen atoms in total. The quantitative estimate of drug-likeness (QED) is 0.336. The van der Waals surface area contributed by atoms with Crippen molar-refractivity contribution in [1.82, 2.24) is 9.97 Å². The van der Waals surface area contributed by atoms with Crippen LogP contribution in [0, 0.1) is 10.8 Å². The van der Waals surface area contributed by atoms with E-state index in [0.717, 1.165) is 0 Å². The maximum Gasteiger partial charge on any atom is 0.164 e. The van der Waals surface area contributed by atoms with Crippen molar-refractivity contribution in [1.29, 1.82) is 10.8 Å². The van der Waals surface area contributed by atoms with Crippen LogP contribution in [0.5, 0.6) is 0 Å². The minimum Gasteiger partial charge on any atom is -0.382 e. The Kier molecular flexibility index (Phi) is 8.29. The van der Waals surface area contributed by atoms with Crippen LogP contribution in [-0.2, 0) is 4.79 Å². The molecule has 2 heterocycles.